The van der Waals surface area contributed by atoms with E-state index in [9.17, 15) is 4.79 Å². The number of hydrogen-bond acceptors (Lipinski definition) is 7. The van der Waals surface area contributed by atoms with Crippen LogP contribution >= 0.6 is 23.4 Å². The van der Waals surface area contributed by atoms with Crippen molar-refractivity contribution in [3.05, 3.63) is 106 Å². The summed E-state index contributed by atoms with van der Waals surface area (Å²) in [5.74, 6) is 2.69. The monoisotopic (exact) mass is 576 g/mol. The van der Waals surface area contributed by atoms with Crippen molar-refractivity contribution in [2.75, 3.05) is 39.3 Å². The van der Waals surface area contributed by atoms with Crippen LogP contribution in [0.1, 0.15) is 27.0 Å². The quantitative estimate of drug-likeness (QED) is 0.117. The number of nitrogens with zero attached hydrogens (tertiary/aromatic N) is 3. The zero-order valence-corrected chi connectivity index (χ0v) is 24.5. The van der Waals surface area contributed by atoms with Crippen molar-refractivity contribution in [2.24, 2.45) is 0 Å². The summed E-state index contributed by atoms with van der Waals surface area (Å²) in [5.41, 5.74) is 3.96. The first-order chi connectivity index (χ1) is 19.4. The van der Waals surface area contributed by atoms with E-state index in [4.69, 9.17) is 26.1 Å². The maximum Gasteiger partial charge on any atom is 0.251 e. The maximum atomic E-state index is 12.7. The minimum Gasteiger partial charge on any atom is -0.493 e. The van der Waals surface area contributed by atoms with Gasteiger partial charge in [0.05, 0.1) is 14.2 Å². The van der Waals surface area contributed by atoms with Crippen molar-refractivity contribution in [3.8, 4) is 11.5 Å². The molecule has 1 heterocycles. The molecular weight excluding hydrogens is 544 g/mol. The summed E-state index contributed by atoms with van der Waals surface area (Å²) in [5, 5.41) is 3.97. The first kappa shape index (κ1) is 29.2. The van der Waals surface area contributed by atoms with Gasteiger partial charge in [-0.3, -0.25) is 4.79 Å². The fourth-order valence-electron chi connectivity index (χ4n) is 4.11. The Morgan fingerprint density at radius 3 is 2.42 bits per heavy atom. The fraction of sp³-hybridized carbons (Fsp3) is 0.258. The number of rotatable bonds is 13. The van der Waals surface area contributed by atoms with Crippen LogP contribution in [-0.2, 0) is 18.6 Å². The van der Waals surface area contributed by atoms with Gasteiger partial charge in [0.25, 0.3) is 5.91 Å². The van der Waals surface area contributed by atoms with Gasteiger partial charge in [0, 0.05) is 37.5 Å². The first-order valence-electron chi connectivity index (χ1n) is 13.0. The molecule has 0 fully saturated rings. The number of benzene rings is 3. The smallest absolute Gasteiger partial charge is 0.251 e. The molecule has 7 nitrogen and oxygen atoms in total. The van der Waals surface area contributed by atoms with Crippen molar-refractivity contribution in [2.45, 2.75) is 23.8 Å². The van der Waals surface area contributed by atoms with Crippen LogP contribution < -0.4 is 19.7 Å². The number of thioether (sulfide) groups is 1. The molecule has 0 spiro atoms. The Morgan fingerprint density at radius 2 is 1.65 bits per heavy atom. The largest absolute Gasteiger partial charge is 0.493 e. The number of nitrogens with one attached hydrogen (secondary N) is 1. The topological polar surface area (TPSA) is 76.6 Å². The third-order valence-corrected chi connectivity index (χ3v) is 7.45. The number of hydrogen-bond donors (Lipinski definition) is 1. The summed E-state index contributed by atoms with van der Waals surface area (Å²) in [6.45, 7) is 1.31. The zero-order chi connectivity index (χ0) is 28.3. The van der Waals surface area contributed by atoms with Crippen molar-refractivity contribution in [3.63, 3.8) is 0 Å². The predicted octanol–water partition coefficient (Wildman–Crippen LogP) is 6.09. The Balaban J connectivity index is 1.32. The summed E-state index contributed by atoms with van der Waals surface area (Å²) in [6, 6.07) is 25.4. The Labute approximate surface area is 244 Å². The van der Waals surface area contributed by atoms with E-state index in [1.54, 1.807) is 20.3 Å². The van der Waals surface area contributed by atoms with Crippen molar-refractivity contribution in [1.82, 2.24) is 15.3 Å². The van der Waals surface area contributed by atoms with E-state index in [0.717, 1.165) is 36.3 Å². The van der Waals surface area contributed by atoms with Gasteiger partial charge in [0.15, 0.2) is 16.7 Å². The fourth-order valence-corrected chi connectivity index (χ4v) is 5.13. The lowest BCUT2D eigenvalue weighted by atomic mass is 10.1. The van der Waals surface area contributed by atoms with Crippen molar-refractivity contribution in [1.29, 1.82) is 0 Å². The van der Waals surface area contributed by atoms with Crippen LogP contribution in [0.15, 0.2) is 84.0 Å². The second-order valence-corrected chi connectivity index (χ2v) is 10.5. The van der Waals surface area contributed by atoms with E-state index < -0.39 is 0 Å². The van der Waals surface area contributed by atoms with Crippen molar-refractivity contribution < 1.29 is 14.3 Å². The molecule has 4 aromatic rings. The lowest BCUT2D eigenvalue weighted by Gasteiger charge is -2.19. The van der Waals surface area contributed by atoms with Crippen molar-refractivity contribution >= 4 is 35.1 Å². The van der Waals surface area contributed by atoms with Gasteiger partial charge in [0.1, 0.15) is 11.0 Å². The highest BCUT2D eigenvalue weighted by Gasteiger charge is 2.12. The van der Waals surface area contributed by atoms with Gasteiger partial charge in [-0.2, -0.15) is 0 Å². The molecule has 3 aromatic carbocycles. The molecule has 0 aliphatic rings. The number of halogens is 1. The van der Waals surface area contributed by atoms with E-state index in [2.05, 4.69) is 27.3 Å². The normalized spacial score (nSPS) is 10.7. The average molecular weight is 577 g/mol. The molecule has 4 rings (SSSR count). The molecule has 40 heavy (non-hydrogen) atoms. The lowest BCUT2D eigenvalue weighted by molar-refractivity contribution is 0.0954. The Hall–Kier alpha value is -3.75. The highest BCUT2D eigenvalue weighted by atomic mass is 35.5. The highest BCUT2D eigenvalue weighted by Crippen LogP contribution is 2.28. The standard InChI is InChI=1S/C31H33ClN4O3S/c1-36(17-15-23-12-13-26(38-2)27(19-23)39-3)29-20-28(32)34-31(35-29)40-21-24-10-7-11-25(18-24)30(37)33-16-14-22-8-5-4-6-9-22/h4-13,18-20H,14-17,21H2,1-3H3,(H,33,37). The van der Waals surface area contributed by atoms with Gasteiger partial charge in [-0.15, -0.1) is 0 Å². The SMILES string of the molecule is COc1ccc(CCN(C)c2cc(Cl)nc(SCc3cccc(C(=O)NCCc4ccccc4)c3)n2)cc1OC. The molecule has 1 amide bonds. The number of anilines is 1. The second-order valence-electron chi connectivity index (χ2n) is 9.17. The first-order valence-corrected chi connectivity index (χ1v) is 14.3. The van der Waals surface area contributed by atoms with Crippen LogP contribution in [0.2, 0.25) is 5.15 Å². The van der Waals surface area contributed by atoms with E-state index in [-0.39, 0.29) is 5.91 Å². The molecule has 208 valence electrons. The number of methoxy groups -OCH3 is 2. The number of carbonyl (C=O) groups is 1. The van der Waals surface area contributed by atoms with Crippen LogP contribution in [0, 0.1) is 0 Å². The average Bonchev–Trinajstić information content (AvgIpc) is 2.99. The van der Waals surface area contributed by atoms with Gasteiger partial charge in [-0.1, -0.05) is 71.9 Å². The Morgan fingerprint density at radius 1 is 0.875 bits per heavy atom. The Kier molecular flexibility index (Phi) is 10.7. The molecular formula is C31H33ClN4O3S. The molecule has 0 bridgehead atoms. The van der Waals surface area contributed by atoms with Gasteiger partial charge in [-0.05, 0) is 53.8 Å². The molecule has 1 N–H and O–H groups in total. The molecule has 0 atom stereocenters. The van der Waals surface area contributed by atoms with Crippen LogP contribution in [-0.4, -0.2) is 50.2 Å². The number of likely N-dealkylation sites (N-methyl/N-ethyl adjacent to an activating group) is 1. The molecule has 0 saturated carbocycles. The van der Waals surface area contributed by atoms with E-state index in [1.165, 1.54) is 17.3 Å². The summed E-state index contributed by atoms with van der Waals surface area (Å²) >= 11 is 7.83. The minimum atomic E-state index is -0.0832. The lowest BCUT2D eigenvalue weighted by Crippen LogP contribution is -2.25. The van der Waals surface area contributed by atoms with E-state index >= 15 is 0 Å². The molecule has 0 saturated heterocycles. The number of carbonyl (C=O) groups excluding carboxylic acids is 1. The van der Waals surface area contributed by atoms with Gasteiger partial charge in [0.2, 0.25) is 0 Å². The summed E-state index contributed by atoms with van der Waals surface area (Å²) in [4.78, 5) is 23.8. The highest BCUT2D eigenvalue weighted by molar-refractivity contribution is 7.98. The zero-order valence-electron chi connectivity index (χ0n) is 22.9. The molecule has 9 heteroatoms. The minimum absolute atomic E-state index is 0.0832. The van der Waals surface area contributed by atoms with Gasteiger partial charge < -0.3 is 19.7 Å². The summed E-state index contributed by atoms with van der Waals surface area (Å²) < 4.78 is 10.7. The van der Waals surface area contributed by atoms with Gasteiger partial charge >= 0.3 is 0 Å². The number of ether oxygens (including phenoxy) is 2. The van der Waals surface area contributed by atoms with E-state index in [0.29, 0.717) is 39.7 Å². The summed E-state index contributed by atoms with van der Waals surface area (Å²) in [6.07, 6.45) is 1.58. The summed E-state index contributed by atoms with van der Waals surface area (Å²) in [7, 11) is 5.24. The van der Waals surface area contributed by atoms with E-state index in [1.807, 2.05) is 67.7 Å². The van der Waals surface area contributed by atoms with Crippen LogP contribution in [0.5, 0.6) is 11.5 Å². The predicted molar refractivity (Wildman–Crippen MR) is 162 cm³/mol. The molecule has 1 aromatic heterocycles. The molecule has 0 aliphatic carbocycles. The van der Waals surface area contributed by atoms with Crippen LogP contribution in [0.4, 0.5) is 5.82 Å². The second kappa shape index (κ2) is 14.6. The molecule has 0 radical (unpaired) electrons. The van der Waals surface area contributed by atoms with Crippen LogP contribution in [0.25, 0.3) is 0 Å². The Bertz CT molecular complexity index is 1420. The van der Waals surface area contributed by atoms with Gasteiger partial charge in [-0.25, -0.2) is 9.97 Å². The molecule has 0 aliphatic heterocycles. The number of amides is 1. The molecule has 0 unspecified atom stereocenters. The number of aromatic nitrogens is 2. The maximum absolute atomic E-state index is 12.7. The third kappa shape index (κ3) is 8.37. The third-order valence-electron chi connectivity index (χ3n) is 6.33. The van der Waals surface area contributed by atoms with Crippen LogP contribution in [0.3, 0.4) is 0 Å².